The third-order valence-electron chi connectivity index (χ3n) is 2.46. The zero-order valence-corrected chi connectivity index (χ0v) is 10.1. The van der Waals surface area contributed by atoms with Crippen LogP contribution in [0.1, 0.15) is 13.8 Å². The fourth-order valence-electron chi connectivity index (χ4n) is 1.54. The van der Waals surface area contributed by atoms with Crippen LogP contribution in [-0.4, -0.2) is 44.9 Å². The van der Waals surface area contributed by atoms with Crippen LogP contribution in [0.25, 0.3) is 0 Å². The number of hydrogen-bond donors (Lipinski definition) is 2. The lowest BCUT2D eigenvalue weighted by atomic mass is 10.0. The van der Waals surface area contributed by atoms with E-state index in [1.165, 1.54) is 0 Å². The Morgan fingerprint density at radius 2 is 2.31 bits per heavy atom. The first-order chi connectivity index (χ1) is 7.61. The number of nitrogens with two attached hydrogens (primary N) is 1. The first-order valence-corrected chi connectivity index (χ1v) is 5.80. The van der Waals surface area contributed by atoms with Crippen molar-refractivity contribution >= 4 is 5.91 Å². The number of carbonyl (C=O) groups excluding carboxylic acids is 1. The van der Waals surface area contributed by atoms with Gasteiger partial charge in [-0.05, 0) is 5.92 Å². The molecule has 1 amide bonds. The van der Waals surface area contributed by atoms with Gasteiger partial charge in [0.05, 0.1) is 25.7 Å². The standard InChI is InChI=1S/C11H22N2O3/c1-8(2)5-15-4-3-13-11(14)9-6-16-7-10(9)12/h8-10H,3-7,12H2,1-2H3,(H,13,14). The van der Waals surface area contributed by atoms with Gasteiger partial charge >= 0.3 is 0 Å². The highest BCUT2D eigenvalue weighted by Crippen LogP contribution is 2.11. The molecule has 0 aliphatic carbocycles. The van der Waals surface area contributed by atoms with Gasteiger partial charge in [0.1, 0.15) is 0 Å². The van der Waals surface area contributed by atoms with E-state index in [0.29, 0.717) is 32.3 Å². The van der Waals surface area contributed by atoms with Crippen molar-refractivity contribution in [3.8, 4) is 0 Å². The van der Waals surface area contributed by atoms with E-state index in [1.54, 1.807) is 0 Å². The van der Waals surface area contributed by atoms with Crippen LogP contribution in [0, 0.1) is 11.8 Å². The highest BCUT2D eigenvalue weighted by molar-refractivity contribution is 5.79. The van der Waals surface area contributed by atoms with Crippen LogP contribution in [0.3, 0.4) is 0 Å². The van der Waals surface area contributed by atoms with Crippen molar-refractivity contribution in [3.63, 3.8) is 0 Å². The summed E-state index contributed by atoms with van der Waals surface area (Å²) in [4.78, 5) is 11.6. The summed E-state index contributed by atoms with van der Waals surface area (Å²) in [5.74, 6) is 0.288. The van der Waals surface area contributed by atoms with Gasteiger partial charge in [0.15, 0.2) is 0 Å². The Bertz CT molecular complexity index is 221. The van der Waals surface area contributed by atoms with E-state index in [2.05, 4.69) is 19.2 Å². The molecule has 94 valence electrons. The maximum absolute atomic E-state index is 11.6. The smallest absolute Gasteiger partial charge is 0.227 e. The maximum atomic E-state index is 11.6. The number of rotatable bonds is 6. The fourth-order valence-corrected chi connectivity index (χ4v) is 1.54. The van der Waals surface area contributed by atoms with Crippen LogP contribution in [0.5, 0.6) is 0 Å². The molecule has 1 heterocycles. The predicted octanol–water partition coefficient (Wildman–Crippen LogP) is -0.251. The van der Waals surface area contributed by atoms with Crippen molar-refractivity contribution in [1.82, 2.24) is 5.32 Å². The molecule has 1 rings (SSSR count). The molecular weight excluding hydrogens is 208 g/mol. The Morgan fingerprint density at radius 3 is 2.88 bits per heavy atom. The van der Waals surface area contributed by atoms with Crippen molar-refractivity contribution in [2.24, 2.45) is 17.6 Å². The van der Waals surface area contributed by atoms with Crippen LogP contribution in [0.2, 0.25) is 0 Å². The van der Waals surface area contributed by atoms with Gasteiger partial charge in [-0.3, -0.25) is 4.79 Å². The predicted molar refractivity (Wildman–Crippen MR) is 61.0 cm³/mol. The Balaban J connectivity index is 2.06. The number of amides is 1. The Morgan fingerprint density at radius 1 is 1.56 bits per heavy atom. The molecule has 0 spiro atoms. The van der Waals surface area contributed by atoms with Gasteiger partial charge in [0.2, 0.25) is 5.91 Å². The maximum Gasteiger partial charge on any atom is 0.227 e. The quantitative estimate of drug-likeness (QED) is 0.617. The summed E-state index contributed by atoms with van der Waals surface area (Å²) in [5.41, 5.74) is 5.73. The van der Waals surface area contributed by atoms with Crippen LogP contribution < -0.4 is 11.1 Å². The SMILES string of the molecule is CC(C)COCCNC(=O)C1COCC1N. The van der Waals surface area contributed by atoms with Crippen molar-refractivity contribution in [1.29, 1.82) is 0 Å². The molecule has 0 bridgehead atoms. The summed E-state index contributed by atoms with van der Waals surface area (Å²) < 4.78 is 10.5. The third kappa shape index (κ3) is 4.47. The van der Waals surface area contributed by atoms with E-state index in [1.807, 2.05) is 0 Å². The first-order valence-electron chi connectivity index (χ1n) is 5.80. The summed E-state index contributed by atoms with van der Waals surface area (Å²) in [6.45, 7) is 6.89. The summed E-state index contributed by atoms with van der Waals surface area (Å²) >= 11 is 0. The fraction of sp³-hybridized carbons (Fsp3) is 0.909. The normalized spacial score (nSPS) is 25.0. The largest absolute Gasteiger partial charge is 0.379 e. The number of hydrogen-bond acceptors (Lipinski definition) is 4. The third-order valence-corrected chi connectivity index (χ3v) is 2.46. The zero-order valence-electron chi connectivity index (χ0n) is 10.1. The van der Waals surface area contributed by atoms with E-state index in [-0.39, 0.29) is 17.9 Å². The molecule has 2 atom stereocenters. The van der Waals surface area contributed by atoms with Gasteiger partial charge in [-0.25, -0.2) is 0 Å². The van der Waals surface area contributed by atoms with Crippen LogP contribution in [0.15, 0.2) is 0 Å². The van der Waals surface area contributed by atoms with E-state index in [0.717, 1.165) is 6.61 Å². The molecule has 1 aliphatic rings. The van der Waals surface area contributed by atoms with Crippen molar-refractivity contribution in [3.05, 3.63) is 0 Å². The van der Waals surface area contributed by atoms with E-state index in [4.69, 9.17) is 15.2 Å². The van der Waals surface area contributed by atoms with Gasteiger partial charge in [-0.1, -0.05) is 13.8 Å². The topological polar surface area (TPSA) is 73.6 Å². The summed E-state index contributed by atoms with van der Waals surface area (Å²) in [6.07, 6.45) is 0. The lowest BCUT2D eigenvalue weighted by Gasteiger charge is -2.13. The molecule has 0 radical (unpaired) electrons. The summed E-state index contributed by atoms with van der Waals surface area (Å²) in [6, 6.07) is -0.170. The number of ether oxygens (including phenoxy) is 2. The van der Waals surface area contributed by atoms with E-state index in [9.17, 15) is 4.79 Å². The molecule has 0 aromatic heterocycles. The van der Waals surface area contributed by atoms with Gasteiger partial charge in [0.25, 0.3) is 0 Å². The Hall–Kier alpha value is -0.650. The van der Waals surface area contributed by atoms with Gasteiger partial charge in [-0.2, -0.15) is 0 Å². The molecule has 0 saturated carbocycles. The molecule has 16 heavy (non-hydrogen) atoms. The second-order valence-electron chi connectivity index (χ2n) is 4.57. The average molecular weight is 230 g/mol. The highest BCUT2D eigenvalue weighted by Gasteiger charge is 2.30. The molecule has 0 aromatic carbocycles. The molecule has 0 aromatic rings. The molecule has 5 nitrogen and oxygen atoms in total. The molecule has 5 heteroatoms. The van der Waals surface area contributed by atoms with Crippen molar-refractivity contribution in [2.75, 3.05) is 33.0 Å². The minimum Gasteiger partial charge on any atom is -0.379 e. The molecule has 2 unspecified atom stereocenters. The van der Waals surface area contributed by atoms with Gasteiger partial charge in [-0.15, -0.1) is 0 Å². The molecule has 1 fully saturated rings. The molecular formula is C11H22N2O3. The zero-order chi connectivity index (χ0) is 12.0. The Kier molecular flexibility index (Phi) is 5.73. The summed E-state index contributed by atoms with van der Waals surface area (Å²) in [7, 11) is 0. The lowest BCUT2D eigenvalue weighted by molar-refractivity contribution is -0.125. The minimum atomic E-state index is -0.204. The second-order valence-corrected chi connectivity index (χ2v) is 4.57. The van der Waals surface area contributed by atoms with Crippen LogP contribution >= 0.6 is 0 Å². The number of nitrogens with one attached hydrogen (secondary N) is 1. The number of carbonyl (C=O) groups is 1. The lowest BCUT2D eigenvalue weighted by Crippen LogP contribution is -2.42. The summed E-state index contributed by atoms with van der Waals surface area (Å²) in [5, 5.41) is 2.80. The highest BCUT2D eigenvalue weighted by atomic mass is 16.5. The van der Waals surface area contributed by atoms with Crippen LogP contribution in [-0.2, 0) is 14.3 Å². The van der Waals surface area contributed by atoms with Crippen molar-refractivity contribution in [2.45, 2.75) is 19.9 Å². The minimum absolute atomic E-state index is 0.0295. The van der Waals surface area contributed by atoms with Crippen molar-refractivity contribution < 1.29 is 14.3 Å². The first kappa shape index (κ1) is 13.4. The second kappa shape index (κ2) is 6.83. The molecule has 1 aliphatic heterocycles. The monoisotopic (exact) mass is 230 g/mol. The average Bonchev–Trinajstić information content (AvgIpc) is 2.63. The Labute approximate surface area is 96.7 Å². The molecule has 3 N–H and O–H groups in total. The van der Waals surface area contributed by atoms with Crippen LogP contribution in [0.4, 0.5) is 0 Å². The van der Waals surface area contributed by atoms with E-state index < -0.39 is 0 Å². The van der Waals surface area contributed by atoms with Gasteiger partial charge < -0.3 is 20.5 Å². The van der Waals surface area contributed by atoms with E-state index >= 15 is 0 Å². The van der Waals surface area contributed by atoms with Gasteiger partial charge in [0, 0.05) is 19.2 Å². The molecule has 1 saturated heterocycles.